The summed E-state index contributed by atoms with van der Waals surface area (Å²) in [5.41, 5.74) is 0.343. The summed E-state index contributed by atoms with van der Waals surface area (Å²) in [5.74, 6) is -2.92. The Morgan fingerprint density at radius 1 is 0.786 bits per heavy atom. The van der Waals surface area contributed by atoms with Gasteiger partial charge in [0.1, 0.15) is 5.75 Å². The van der Waals surface area contributed by atoms with Crippen LogP contribution in [0.15, 0.2) is 42.5 Å². The second-order valence-corrected chi connectivity index (χ2v) is 6.12. The third kappa shape index (κ3) is 4.41. The molecule has 5 nitrogen and oxygen atoms in total. The van der Waals surface area contributed by atoms with Crippen molar-refractivity contribution in [2.75, 3.05) is 26.2 Å². The highest BCUT2D eigenvalue weighted by Crippen LogP contribution is 2.18. The molecule has 0 radical (unpaired) electrons. The average Bonchev–Trinajstić information content (AvgIpc) is 2.69. The van der Waals surface area contributed by atoms with Crippen LogP contribution in [0.2, 0.25) is 0 Å². The molecule has 0 N–H and O–H groups in total. The topological polar surface area (TPSA) is 49.9 Å². The Morgan fingerprint density at radius 2 is 1.29 bits per heavy atom. The van der Waals surface area contributed by atoms with E-state index in [1.165, 1.54) is 40.1 Å². The van der Waals surface area contributed by atoms with Crippen LogP contribution in [0.4, 0.5) is 17.6 Å². The predicted octanol–water partition coefficient (Wildman–Crippen LogP) is 3.16. The number of carbonyl (C=O) groups is 2. The Hall–Kier alpha value is -3.10. The molecule has 0 unspecified atom stereocenters. The SMILES string of the molecule is O=C(c1ccc(OC(F)F)cc1)N1CCN(C(=O)c2ccc(F)c(F)c2)CC1. The van der Waals surface area contributed by atoms with Gasteiger partial charge in [0.2, 0.25) is 0 Å². The zero-order chi connectivity index (χ0) is 20.3. The highest BCUT2D eigenvalue weighted by atomic mass is 19.3. The average molecular weight is 396 g/mol. The van der Waals surface area contributed by atoms with Crippen LogP contribution in [0, 0.1) is 11.6 Å². The van der Waals surface area contributed by atoms with Gasteiger partial charge in [0, 0.05) is 37.3 Å². The van der Waals surface area contributed by atoms with E-state index >= 15 is 0 Å². The minimum absolute atomic E-state index is 0.0355. The normalized spacial score (nSPS) is 14.3. The zero-order valence-corrected chi connectivity index (χ0v) is 14.6. The summed E-state index contributed by atoms with van der Waals surface area (Å²) < 4.78 is 54.9. The fourth-order valence-corrected chi connectivity index (χ4v) is 2.89. The molecule has 0 aromatic heterocycles. The Kier molecular flexibility index (Phi) is 5.81. The van der Waals surface area contributed by atoms with Crippen LogP contribution >= 0.6 is 0 Å². The smallest absolute Gasteiger partial charge is 0.387 e. The van der Waals surface area contributed by atoms with E-state index in [0.29, 0.717) is 5.56 Å². The lowest BCUT2D eigenvalue weighted by molar-refractivity contribution is -0.0498. The summed E-state index contributed by atoms with van der Waals surface area (Å²) in [6.45, 7) is -1.97. The van der Waals surface area contributed by atoms with Crippen LogP contribution in [0.25, 0.3) is 0 Å². The summed E-state index contributed by atoms with van der Waals surface area (Å²) in [6, 6.07) is 8.28. The van der Waals surface area contributed by atoms with E-state index in [1.807, 2.05) is 0 Å². The quantitative estimate of drug-likeness (QED) is 0.746. The Morgan fingerprint density at radius 3 is 1.79 bits per heavy atom. The van der Waals surface area contributed by atoms with Gasteiger partial charge in [0.15, 0.2) is 11.6 Å². The van der Waals surface area contributed by atoms with Crippen molar-refractivity contribution in [1.29, 1.82) is 0 Å². The van der Waals surface area contributed by atoms with Crippen LogP contribution in [0.3, 0.4) is 0 Å². The van der Waals surface area contributed by atoms with E-state index in [4.69, 9.17) is 0 Å². The third-order valence-corrected chi connectivity index (χ3v) is 4.35. The lowest BCUT2D eigenvalue weighted by atomic mass is 10.1. The number of hydrogen-bond acceptors (Lipinski definition) is 3. The molecule has 1 fully saturated rings. The minimum Gasteiger partial charge on any atom is -0.435 e. The highest BCUT2D eigenvalue weighted by molar-refractivity contribution is 5.96. The maximum absolute atomic E-state index is 13.3. The van der Waals surface area contributed by atoms with Gasteiger partial charge >= 0.3 is 6.61 Å². The largest absolute Gasteiger partial charge is 0.435 e. The van der Waals surface area contributed by atoms with Crippen molar-refractivity contribution < 1.29 is 31.9 Å². The van der Waals surface area contributed by atoms with Crippen molar-refractivity contribution >= 4 is 11.8 Å². The van der Waals surface area contributed by atoms with Crippen molar-refractivity contribution in [2.45, 2.75) is 6.61 Å². The summed E-state index contributed by atoms with van der Waals surface area (Å²) in [4.78, 5) is 27.9. The lowest BCUT2D eigenvalue weighted by Gasteiger charge is -2.35. The Labute approximate surface area is 158 Å². The molecule has 0 saturated carbocycles. The molecule has 1 heterocycles. The Balaban J connectivity index is 1.59. The number of rotatable bonds is 4. The first-order chi connectivity index (χ1) is 13.3. The maximum Gasteiger partial charge on any atom is 0.387 e. The summed E-state index contributed by atoms with van der Waals surface area (Å²) >= 11 is 0. The molecule has 0 spiro atoms. The van der Waals surface area contributed by atoms with E-state index in [2.05, 4.69) is 4.74 Å². The van der Waals surface area contributed by atoms with E-state index in [-0.39, 0.29) is 43.4 Å². The first-order valence-electron chi connectivity index (χ1n) is 8.43. The van der Waals surface area contributed by atoms with Gasteiger partial charge in [-0.3, -0.25) is 9.59 Å². The Bertz CT molecular complexity index is 866. The number of carbonyl (C=O) groups excluding carboxylic acids is 2. The molecule has 2 aromatic carbocycles. The molecule has 28 heavy (non-hydrogen) atoms. The van der Waals surface area contributed by atoms with E-state index in [9.17, 15) is 27.2 Å². The molecule has 1 aliphatic heterocycles. The fraction of sp³-hybridized carbons (Fsp3) is 0.263. The van der Waals surface area contributed by atoms with Crippen LogP contribution in [0.1, 0.15) is 20.7 Å². The molecule has 3 rings (SSSR count). The number of hydrogen-bond donors (Lipinski definition) is 0. The van der Waals surface area contributed by atoms with Crippen LogP contribution in [-0.4, -0.2) is 54.4 Å². The first-order valence-corrected chi connectivity index (χ1v) is 8.43. The first kappa shape index (κ1) is 19.7. The van der Waals surface area contributed by atoms with Crippen molar-refractivity contribution in [3.05, 3.63) is 65.2 Å². The van der Waals surface area contributed by atoms with Crippen molar-refractivity contribution in [3.8, 4) is 5.75 Å². The number of alkyl halides is 2. The second-order valence-electron chi connectivity index (χ2n) is 6.12. The van der Waals surface area contributed by atoms with Crippen molar-refractivity contribution in [2.24, 2.45) is 0 Å². The van der Waals surface area contributed by atoms with Crippen LogP contribution in [0.5, 0.6) is 5.75 Å². The van der Waals surface area contributed by atoms with Gasteiger partial charge in [-0.25, -0.2) is 8.78 Å². The van der Waals surface area contributed by atoms with E-state index in [0.717, 1.165) is 12.1 Å². The molecule has 0 aliphatic carbocycles. The predicted molar refractivity (Wildman–Crippen MR) is 91.2 cm³/mol. The van der Waals surface area contributed by atoms with Gasteiger partial charge in [-0.2, -0.15) is 8.78 Å². The molecule has 0 bridgehead atoms. The van der Waals surface area contributed by atoms with Crippen LogP contribution < -0.4 is 4.74 Å². The van der Waals surface area contributed by atoms with Crippen LogP contribution in [-0.2, 0) is 0 Å². The molecule has 1 saturated heterocycles. The lowest BCUT2D eigenvalue weighted by Crippen LogP contribution is -2.50. The molecule has 148 valence electrons. The molecule has 0 atom stereocenters. The number of piperazine rings is 1. The summed E-state index contributed by atoms with van der Waals surface area (Å²) in [5, 5.41) is 0. The van der Waals surface area contributed by atoms with E-state index < -0.39 is 24.2 Å². The number of amides is 2. The summed E-state index contributed by atoms with van der Waals surface area (Å²) in [6.07, 6.45) is 0. The zero-order valence-electron chi connectivity index (χ0n) is 14.6. The third-order valence-electron chi connectivity index (χ3n) is 4.35. The maximum atomic E-state index is 13.3. The van der Waals surface area contributed by atoms with Crippen molar-refractivity contribution in [1.82, 2.24) is 9.80 Å². The highest BCUT2D eigenvalue weighted by Gasteiger charge is 2.26. The van der Waals surface area contributed by atoms with Gasteiger partial charge in [0.25, 0.3) is 11.8 Å². The number of benzene rings is 2. The van der Waals surface area contributed by atoms with Crippen molar-refractivity contribution in [3.63, 3.8) is 0 Å². The number of nitrogens with zero attached hydrogens (tertiary/aromatic N) is 2. The van der Waals surface area contributed by atoms with Gasteiger partial charge in [-0.1, -0.05) is 0 Å². The fourth-order valence-electron chi connectivity index (χ4n) is 2.89. The molecule has 2 aromatic rings. The van der Waals surface area contributed by atoms with Gasteiger partial charge in [-0.15, -0.1) is 0 Å². The minimum atomic E-state index is -2.94. The molecule has 2 amide bonds. The number of halogens is 4. The monoisotopic (exact) mass is 396 g/mol. The van der Waals surface area contributed by atoms with Gasteiger partial charge in [0.05, 0.1) is 0 Å². The molecular formula is C19H16F4N2O3. The number of ether oxygens (including phenoxy) is 1. The van der Waals surface area contributed by atoms with E-state index in [1.54, 1.807) is 0 Å². The van der Waals surface area contributed by atoms with Gasteiger partial charge in [-0.05, 0) is 42.5 Å². The van der Waals surface area contributed by atoms with Gasteiger partial charge < -0.3 is 14.5 Å². The summed E-state index contributed by atoms with van der Waals surface area (Å²) in [7, 11) is 0. The molecular weight excluding hydrogens is 380 g/mol. The molecule has 1 aliphatic rings. The standard InChI is InChI=1S/C19H16F4N2O3/c20-15-6-3-13(11-16(15)21)18(27)25-9-7-24(8-10-25)17(26)12-1-4-14(5-2-12)28-19(22)23/h1-6,11,19H,7-10H2. The molecule has 9 heteroatoms. The second kappa shape index (κ2) is 8.28.